The highest BCUT2D eigenvalue weighted by molar-refractivity contribution is 5.85. The van der Waals surface area contributed by atoms with Crippen molar-refractivity contribution in [3.8, 4) is 11.1 Å². The van der Waals surface area contributed by atoms with Gasteiger partial charge in [-0.05, 0) is 34.0 Å². The Bertz CT molecular complexity index is 1330. The van der Waals surface area contributed by atoms with Crippen molar-refractivity contribution in [2.75, 3.05) is 5.32 Å². The summed E-state index contributed by atoms with van der Waals surface area (Å²) in [6.45, 7) is 0.650. The number of anilines is 1. The van der Waals surface area contributed by atoms with Crippen LogP contribution in [0.4, 0.5) is 5.95 Å². The minimum absolute atomic E-state index is 0.212. The van der Waals surface area contributed by atoms with E-state index in [2.05, 4.69) is 55.6 Å². The highest BCUT2D eigenvalue weighted by Crippen LogP contribution is 2.22. The van der Waals surface area contributed by atoms with E-state index >= 15 is 0 Å². The lowest BCUT2D eigenvalue weighted by Crippen LogP contribution is -2.03. The zero-order chi connectivity index (χ0) is 18.9. The Morgan fingerprint density at radius 2 is 1.61 bits per heavy atom. The van der Waals surface area contributed by atoms with Gasteiger partial charge >= 0.3 is 5.69 Å². The van der Waals surface area contributed by atoms with Crippen LogP contribution in [0.3, 0.4) is 0 Å². The molecule has 5 aromatic rings. The first-order chi connectivity index (χ1) is 13.8. The van der Waals surface area contributed by atoms with Gasteiger partial charge in [0.2, 0.25) is 5.95 Å². The van der Waals surface area contributed by atoms with E-state index in [0.29, 0.717) is 12.5 Å². The normalized spacial score (nSPS) is 11.1. The van der Waals surface area contributed by atoms with E-state index < -0.39 is 0 Å². The first-order valence-electron chi connectivity index (χ1n) is 9.01. The molecule has 28 heavy (non-hydrogen) atoms. The monoisotopic (exact) mass is 367 g/mol. The van der Waals surface area contributed by atoms with Crippen LogP contribution in [0.25, 0.3) is 32.9 Å². The minimum atomic E-state index is -0.212. The number of imidazole rings is 1. The second-order valence-electron chi connectivity index (χ2n) is 6.63. The molecule has 2 heterocycles. The summed E-state index contributed by atoms with van der Waals surface area (Å²) in [5.74, 6) is 0.577. The molecule has 2 aromatic heterocycles. The van der Waals surface area contributed by atoms with Crippen LogP contribution < -0.4 is 11.0 Å². The average Bonchev–Trinajstić information content (AvgIpc) is 3.12. The fraction of sp³-hybridized carbons (Fsp3) is 0.0455. The molecule has 136 valence electrons. The van der Waals surface area contributed by atoms with Crippen LogP contribution >= 0.6 is 0 Å². The molecule has 5 rings (SSSR count). The van der Waals surface area contributed by atoms with E-state index in [-0.39, 0.29) is 5.69 Å². The van der Waals surface area contributed by atoms with E-state index in [1.807, 2.05) is 30.3 Å². The number of rotatable bonds is 4. The van der Waals surface area contributed by atoms with Crippen LogP contribution in [0, 0.1) is 0 Å². The number of nitrogens with one attached hydrogen (secondary N) is 3. The minimum Gasteiger partial charge on any atom is -0.350 e. The fourth-order valence-electron chi connectivity index (χ4n) is 3.40. The summed E-state index contributed by atoms with van der Waals surface area (Å²) in [5.41, 5.74) is 4.37. The number of H-pyrrole nitrogens is 2. The Balaban J connectivity index is 1.36. The van der Waals surface area contributed by atoms with Crippen molar-refractivity contribution >= 4 is 27.8 Å². The summed E-state index contributed by atoms with van der Waals surface area (Å²) >= 11 is 0. The second kappa shape index (κ2) is 6.66. The van der Waals surface area contributed by atoms with Crippen LogP contribution in [-0.2, 0) is 6.54 Å². The van der Waals surface area contributed by atoms with E-state index in [4.69, 9.17) is 0 Å². The summed E-state index contributed by atoms with van der Waals surface area (Å²) in [6, 6.07) is 20.3. The number of hydrogen-bond donors (Lipinski definition) is 3. The smallest absolute Gasteiger partial charge is 0.323 e. The summed E-state index contributed by atoms with van der Waals surface area (Å²) < 4.78 is 0. The number of benzene rings is 3. The topological polar surface area (TPSA) is 86.5 Å². The van der Waals surface area contributed by atoms with Crippen molar-refractivity contribution in [3.63, 3.8) is 0 Å². The average molecular weight is 367 g/mol. The summed E-state index contributed by atoms with van der Waals surface area (Å²) in [5, 5.41) is 5.73. The van der Waals surface area contributed by atoms with Gasteiger partial charge in [0.05, 0.1) is 11.0 Å². The molecule has 6 heteroatoms. The Morgan fingerprint density at radius 1 is 0.821 bits per heavy atom. The molecule has 6 nitrogen and oxygen atoms in total. The van der Waals surface area contributed by atoms with Crippen LogP contribution in [0.1, 0.15) is 5.56 Å². The molecule has 0 saturated carbocycles. The van der Waals surface area contributed by atoms with Gasteiger partial charge in [0.1, 0.15) is 0 Å². The molecule has 0 aliphatic carbocycles. The van der Waals surface area contributed by atoms with Crippen molar-refractivity contribution in [3.05, 3.63) is 89.1 Å². The van der Waals surface area contributed by atoms with Crippen molar-refractivity contribution in [1.82, 2.24) is 19.9 Å². The van der Waals surface area contributed by atoms with Crippen molar-refractivity contribution in [2.24, 2.45) is 0 Å². The molecular formula is C22H17N5O. The predicted octanol–water partition coefficient (Wildman–Crippen LogP) is 4.08. The maximum atomic E-state index is 11.4. The molecule has 0 unspecified atom stereocenters. The third-order valence-corrected chi connectivity index (χ3v) is 4.82. The lowest BCUT2D eigenvalue weighted by molar-refractivity contribution is 1.06. The third kappa shape index (κ3) is 3.01. The zero-order valence-corrected chi connectivity index (χ0v) is 14.9. The van der Waals surface area contributed by atoms with Crippen LogP contribution in [0.2, 0.25) is 0 Å². The zero-order valence-electron chi connectivity index (χ0n) is 14.9. The predicted molar refractivity (Wildman–Crippen MR) is 111 cm³/mol. The number of hydrogen-bond acceptors (Lipinski definition) is 4. The fourth-order valence-corrected chi connectivity index (χ4v) is 3.40. The number of fused-ring (bicyclic) bond motifs is 2. The van der Waals surface area contributed by atoms with Crippen LogP contribution in [0.5, 0.6) is 0 Å². The molecule has 0 bridgehead atoms. The molecule has 0 aliphatic heterocycles. The molecule has 3 N–H and O–H groups in total. The molecule has 0 aliphatic rings. The maximum absolute atomic E-state index is 11.4. The summed E-state index contributed by atoms with van der Waals surface area (Å²) in [7, 11) is 0. The molecule has 3 aromatic carbocycles. The van der Waals surface area contributed by atoms with Gasteiger partial charge in [0, 0.05) is 24.5 Å². The molecule has 0 spiro atoms. The number of aromatic nitrogens is 4. The molecule has 0 amide bonds. The Hall–Kier alpha value is -3.93. The molecular weight excluding hydrogens is 350 g/mol. The number of aromatic amines is 2. The van der Waals surface area contributed by atoms with Crippen molar-refractivity contribution in [2.45, 2.75) is 6.54 Å². The quantitative estimate of drug-likeness (QED) is 0.447. The Morgan fingerprint density at radius 3 is 2.50 bits per heavy atom. The standard InChI is InChI=1S/C22H17N5O/c28-22-26-19-9-8-15(10-20(19)27-22)17-12-24-21(25-13-17)23-11-16-6-3-5-14-4-1-2-7-18(14)16/h1-10,12-13H,11H2,(H,23,24,25)(H2,26,27,28). The lowest BCUT2D eigenvalue weighted by Gasteiger charge is -2.09. The van der Waals surface area contributed by atoms with Crippen LogP contribution in [0.15, 0.2) is 77.9 Å². The van der Waals surface area contributed by atoms with E-state index in [0.717, 1.165) is 22.2 Å². The number of nitrogens with zero attached hydrogens (tertiary/aromatic N) is 2. The Labute approximate surface area is 160 Å². The molecule has 0 radical (unpaired) electrons. The molecule has 0 fully saturated rings. The molecule has 0 atom stereocenters. The summed E-state index contributed by atoms with van der Waals surface area (Å²) in [4.78, 5) is 25.8. The first-order valence-corrected chi connectivity index (χ1v) is 9.01. The maximum Gasteiger partial charge on any atom is 0.323 e. The van der Waals surface area contributed by atoms with Gasteiger partial charge in [0.25, 0.3) is 0 Å². The Kier molecular flexibility index (Phi) is 3.87. The first kappa shape index (κ1) is 16.3. The van der Waals surface area contributed by atoms with Gasteiger partial charge in [-0.1, -0.05) is 48.5 Å². The largest absolute Gasteiger partial charge is 0.350 e. The highest BCUT2D eigenvalue weighted by atomic mass is 16.1. The van der Waals surface area contributed by atoms with Crippen LogP contribution in [-0.4, -0.2) is 19.9 Å². The van der Waals surface area contributed by atoms with E-state index in [9.17, 15) is 4.79 Å². The SMILES string of the molecule is O=c1[nH]c2ccc(-c3cnc(NCc4cccc5ccccc45)nc3)cc2[nH]1. The van der Waals surface area contributed by atoms with Gasteiger partial charge in [-0.25, -0.2) is 14.8 Å². The van der Waals surface area contributed by atoms with Gasteiger partial charge in [-0.15, -0.1) is 0 Å². The highest BCUT2D eigenvalue weighted by Gasteiger charge is 2.05. The van der Waals surface area contributed by atoms with E-state index in [1.165, 1.54) is 16.3 Å². The van der Waals surface area contributed by atoms with Crippen molar-refractivity contribution < 1.29 is 0 Å². The molecule has 0 saturated heterocycles. The second-order valence-corrected chi connectivity index (χ2v) is 6.63. The summed E-state index contributed by atoms with van der Waals surface area (Å²) in [6.07, 6.45) is 3.56. The van der Waals surface area contributed by atoms with Gasteiger partial charge in [-0.3, -0.25) is 0 Å². The van der Waals surface area contributed by atoms with Gasteiger partial charge < -0.3 is 15.3 Å². The van der Waals surface area contributed by atoms with E-state index in [1.54, 1.807) is 12.4 Å². The van der Waals surface area contributed by atoms with Gasteiger partial charge in [-0.2, -0.15) is 0 Å². The van der Waals surface area contributed by atoms with Crippen molar-refractivity contribution in [1.29, 1.82) is 0 Å². The lowest BCUT2D eigenvalue weighted by atomic mass is 10.0. The third-order valence-electron chi connectivity index (χ3n) is 4.82. The van der Waals surface area contributed by atoms with Gasteiger partial charge in [0.15, 0.2) is 0 Å².